The third-order valence-electron chi connectivity index (χ3n) is 1.90. The molecule has 0 heterocycles. The first-order valence-corrected chi connectivity index (χ1v) is 3.55. The Hall–Kier alpha value is -0.250. The van der Waals surface area contributed by atoms with Crippen LogP contribution in [0.3, 0.4) is 0 Å². The normalized spacial score (nSPS) is 16.1. The van der Waals surface area contributed by atoms with Gasteiger partial charge in [-0.05, 0) is 27.8 Å². The Morgan fingerprint density at radius 2 is 1.45 bits per heavy atom. The summed E-state index contributed by atoms with van der Waals surface area (Å²) in [5, 5.41) is 0. The minimum Gasteiger partial charge on any atom is -0.293 e. The molecule has 0 aliphatic carbocycles. The summed E-state index contributed by atoms with van der Waals surface area (Å²) in [6, 6.07) is -1.44. The predicted octanol–water partition coefficient (Wildman–Crippen LogP) is 2.28. The van der Waals surface area contributed by atoms with Gasteiger partial charge in [-0.2, -0.15) is 13.2 Å². The molecule has 0 spiro atoms. The smallest absolute Gasteiger partial charge is 0.293 e. The molecule has 68 valence electrons. The molecule has 4 heteroatoms. The lowest BCUT2D eigenvalue weighted by atomic mass is 10.2. The van der Waals surface area contributed by atoms with Crippen LogP contribution in [0, 0.1) is 0 Å². The Kier molecular flexibility index (Phi) is 3.35. The van der Waals surface area contributed by atoms with E-state index in [4.69, 9.17) is 0 Å². The highest BCUT2D eigenvalue weighted by atomic mass is 19.4. The van der Waals surface area contributed by atoms with Crippen LogP contribution in [0.5, 0.6) is 0 Å². The summed E-state index contributed by atoms with van der Waals surface area (Å²) in [5.74, 6) is 0. The van der Waals surface area contributed by atoms with E-state index in [2.05, 4.69) is 0 Å². The summed E-state index contributed by atoms with van der Waals surface area (Å²) in [7, 11) is 1.48. The summed E-state index contributed by atoms with van der Waals surface area (Å²) in [6.45, 7) is 4.64. The van der Waals surface area contributed by atoms with Crippen molar-refractivity contribution in [1.82, 2.24) is 4.90 Å². The van der Waals surface area contributed by atoms with Gasteiger partial charge in [0.05, 0.1) is 0 Å². The zero-order valence-electron chi connectivity index (χ0n) is 7.24. The summed E-state index contributed by atoms with van der Waals surface area (Å²) >= 11 is 0. The van der Waals surface area contributed by atoms with E-state index >= 15 is 0 Å². The molecule has 0 aromatic heterocycles. The summed E-state index contributed by atoms with van der Waals surface area (Å²) in [4.78, 5) is 1.29. The van der Waals surface area contributed by atoms with E-state index < -0.39 is 12.2 Å². The number of hydrogen-bond donors (Lipinski definition) is 0. The highest BCUT2D eigenvalue weighted by molar-refractivity contribution is 4.73. The maximum Gasteiger partial charge on any atom is 0.403 e. The molecular formula is C7H14F3N. The molecular weight excluding hydrogens is 155 g/mol. The van der Waals surface area contributed by atoms with Gasteiger partial charge in [0.25, 0.3) is 0 Å². The van der Waals surface area contributed by atoms with Gasteiger partial charge < -0.3 is 0 Å². The molecule has 0 N–H and O–H groups in total. The lowest BCUT2D eigenvalue weighted by Crippen LogP contribution is -2.44. The van der Waals surface area contributed by atoms with Gasteiger partial charge in [0.1, 0.15) is 6.04 Å². The van der Waals surface area contributed by atoms with Gasteiger partial charge in [-0.15, -0.1) is 0 Å². The minimum atomic E-state index is -4.11. The number of nitrogens with zero attached hydrogens (tertiary/aromatic N) is 1. The monoisotopic (exact) mass is 169 g/mol. The average Bonchev–Trinajstić information content (AvgIpc) is 1.82. The van der Waals surface area contributed by atoms with Crippen molar-refractivity contribution in [2.24, 2.45) is 0 Å². The quantitative estimate of drug-likeness (QED) is 0.613. The molecule has 11 heavy (non-hydrogen) atoms. The molecule has 1 atom stereocenters. The van der Waals surface area contributed by atoms with E-state index in [0.717, 1.165) is 0 Å². The second-order valence-electron chi connectivity index (χ2n) is 2.98. The number of halogens is 3. The third kappa shape index (κ3) is 3.10. The molecule has 0 fully saturated rings. The Morgan fingerprint density at radius 3 is 1.55 bits per heavy atom. The van der Waals surface area contributed by atoms with Crippen LogP contribution in [0.1, 0.15) is 20.8 Å². The summed E-state index contributed by atoms with van der Waals surface area (Å²) < 4.78 is 36.1. The largest absolute Gasteiger partial charge is 0.403 e. The fraction of sp³-hybridized carbons (Fsp3) is 1.00. The van der Waals surface area contributed by atoms with Crippen molar-refractivity contribution >= 4 is 0 Å². The van der Waals surface area contributed by atoms with Crippen molar-refractivity contribution in [3.63, 3.8) is 0 Å². The fourth-order valence-corrected chi connectivity index (χ4v) is 0.678. The van der Waals surface area contributed by atoms with Crippen LogP contribution in [0.2, 0.25) is 0 Å². The van der Waals surface area contributed by atoms with Crippen LogP contribution >= 0.6 is 0 Å². The van der Waals surface area contributed by atoms with Gasteiger partial charge in [0.15, 0.2) is 0 Å². The van der Waals surface area contributed by atoms with Gasteiger partial charge in [-0.1, -0.05) is 0 Å². The van der Waals surface area contributed by atoms with Gasteiger partial charge in [0, 0.05) is 6.04 Å². The van der Waals surface area contributed by atoms with Crippen LogP contribution in [-0.2, 0) is 0 Å². The second-order valence-corrected chi connectivity index (χ2v) is 2.98. The van der Waals surface area contributed by atoms with Crippen LogP contribution in [-0.4, -0.2) is 30.2 Å². The van der Waals surface area contributed by atoms with E-state index in [1.165, 1.54) is 18.9 Å². The first-order valence-electron chi connectivity index (χ1n) is 3.55. The minimum absolute atomic E-state index is 0.0772. The second kappa shape index (κ2) is 3.43. The van der Waals surface area contributed by atoms with Crippen molar-refractivity contribution in [2.45, 2.75) is 39.0 Å². The number of alkyl halides is 3. The van der Waals surface area contributed by atoms with Crippen molar-refractivity contribution in [2.75, 3.05) is 7.05 Å². The zero-order valence-corrected chi connectivity index (χ0v) is 7.24. The highest BCUT2D eigenvalue weighted by Gasteiger charge is 2.39. The Morgan fingerprint density at radius 1 is 1.09 bits per heavy atom. The summed E-state index contributed by atoms with van der Waals surface area (Å²) in [5.41, 5.74) is 0. The molecule has 0 saturated heterocycles. The SMILES string of the molecule is CC(C)N(C)C(C)C(F)(F)F. The molecule has 0 aliphatic heterocycles. The molecule has 0 amide bonds. The van der Waals surface area contributed by atoms with Gasteiger partial charge in [-0.3, -0.25) is 4.90 Å². The lowest BCUT2D eigenvalue weighted by Gasteiger charge is -2.29. The molecule has 1 unspecified atom stereocenters. The first-order chi connectivity index (χ1) is 4.76. The Balaban J connectivity index is 4.13. The van der Waals surface area contributed by atoms with Gasteiger partial charge in [-0.25, -0.2) is 0 Å². The molecule has 0 bridgehead atoms. The van der Waals surface area contributed by atoms with Crippen molar-refractivity contribution in [1.29, 1.82) is 0 Å². The molecule has 0 aromatic carbocycles. The lowest BCUT2D eigenvalue weighted by molar-refractivity contribution is -0.179. The molecule has 1 nitrogen and oxygen atoms in total. The van der Waals surface area contributed by atoms with Gasteiger partial charge in [0.2, 0.25) is 0 Å². The van der Waals surface area contributed by atoms with Crippen LogP contribution < -0.4 is 0 Å². The molecule has 0 aromatic rings. The van der Waals surface area contributed by atoms with E-state index in [0.29, 0.717) is 0 Å². The Labute approximate surface area is 65.2 Å². The summed E-state index contributed by atoms with van der Waals surface area (Å²) in [6.07, 6.45) is -4.11. The van der Waals surface area contributed by atoms with E-state index in [-0.39, 0.29) is 6.04 Å². The standard InChI is InChI=1S/C7H14F3N/c1-5(2)11(4)6(3)7(8,9)10/h5-6H,1-4H3. The molecule has 0 radical (unpaired) electrons. The zero-order chi connectivity index (χ0) is 9.23. The van der Waals surface area contributed by atoms with Gasteiger partial charge >= 0.3 is 6.18 Å². The maximum absolute atomic E-state index is 12.0. The molecule has 0 saturated carbocycles. The number of rotatable bonds is 2. The van der Waals surface area contributed by atoms with Crippen LogP contribution in [0.25, 0.3) is 0 Å². The van der Waals surface area contributed by atoms with Crippen molar-refractivity contribution in [3.8, 4) is 0 Å². The topological polar surface area (TPSA) is 3.24 Å². The van der Waals surface area contributed by atoms with Crippen LogP contribution in [0.4, 0.5) is 13.2 Å². The predicted molar refractivity (Wildman–Crippen MR) is 38.4 cm³/mol. The maximum atomic E-state index is 12.0. The van der Waals surface area contributed by atoms with E-state index in [1.54, 1.807) is 13.8 Å². The highest BCUT2D eigenvalue weighted by Crippen LogP contribution is 2.24. The van der Waals surface area contributed by atoms with Crippen LogP contribution in [0.15, 0.2) is 0 Å². The van der Waals surface area contributed by atoms with E-state index in [1.807, 2.05) is 0 Å². The average molecular weight is 169 g/mol. The number of hydrogen-bond acceptors (Lipinski definition) is 1. The Bertz CT molecular complexity index is 119. The fourth-order valence-electron chi connectivity index (χ4n) is 0.678. The molecule has 0 rings (SSSR count). The third-order valence-corrected chi connectivity index (χ3v) is 1.90. The first kappa shape index (κ1) is 10.8. The van der Waals surface area contributed by atoms with Crippen molar-refractivity contribution < 1.29 is 13.2 Å². The van der Waals surface area contributed by atoms with Crippen molar-refractivity contribution in [3.05, 3.63) is 0 Å². The molecule has 0 aliphatic rings. The van der Waals surface area contributed by atoms with E-state index in [9.17, 15) is 13.2 Å².